The number of aromatic nitrogens is 4. The van der Waals surface area contributed by atoms with Crippen LogP contribution in [0.5, 0.6) is 0 Å². The molecule has 0 bridgehead atoms. The van der Waals surface area contributed by atoms with Crippen LogP contribution in [0.4, 0.5) is 5.95 Å². The fourth-order valence-electron chi connectivity index (χ4n) is 2.13. The first-order valence-corrected chi connectivity index (χ1v) is 6.51. The van der Waals surface area contributed by atoms with E-state index in [0.29, 0.717) is 12.5 Å². The minimum Gasteiger partial charge on any atom is -0.310 e. The fraction of sp³-hybridized carbons (Fsp3) is 0.143. The molecule has 0 saturated carbocycles. The van der Waals surface area contributed by atoms with Crippen molar-refractivity contribution in [2.45, 2.75) is 13.5 Å². The van der Waals surface area contributed by atoms with Gasteiger partial charge in [0.2, 0.25) is 5.95 Å². The first kappa shape index (κ1) is 13.0. The van der Waals surface area contributed by atoms with Crippen molar-refractivity contribution >= 4 is 22.9 Å². The number of carbonyl (C=O) groups is 1. The maximum Gasteiger partial charge on any atom is 0.278 e. The Morgan fingerprint density at radius 3 is 2.81 bits per heavy atom. The van der Waals surface area contributed by atoms with Gasteiger partial charge in [-0.15, -0.1) is 0 Å². The number of carbonyl (C=O) groups excluding carboxylic acids is 1. The fourth-order valence-corrected chi connectivity index (χ4v) is 2.13. The summed E-state index contributed by atoms with van der Waals surface area (Å²) in [4.78, 5) is 27.5. The Bertz CT molecular complexity index is 845. The average Bonchev–Trinajstić information content (AvgIpc) is 2.84. The van der Waals surface area contributed by atoms with Gasteiger partial charge in [-0.2, -0.15) is 5.10 Å². The summed E-state index contributed by atoms with van der Waals surface area (Å²) in [5.41, 5.74) is 1.53. The second kappa shape index (κ2) is 5.20. The van der Waals surface area contributed by atoms with Crippen molar-refractivity contribution < 1.29 is 4.79 Å². The monoisotopic (exact) mass is 283 g/mol. The number of benzene rings is 1. The number of rotatable bonds is 3. The number of H-pyrrole nitrogens is 1. The maximum absolute atomic E-state index is 12.1. The van der Waals surface area contributed by atoms with Crippen LogP contribution in [0.25, 0.3) is 11.0 Å². The molecule has 1 aromatic carbocycles. The predicted molar refractivity (Wildman–Crippen MR) is 78.2 cm³/mol. The Kier molecular flexibility index (Phi) is 3.23. The van der Waals surface area contributed by atoms with Gasteiger partial charge in [0.1, 0.15) is 5.69 Å². The summed E-state index contributed by atoms with van der Waals surface area (Å²) in [7, 11) is 0. The topological polar surface area (TPSA) is 92.7 Å². The van der Waals surface area contributed by atoms with Gasteiger partial charge < -0.3 is 4.57 Å². The SMILES string of the molecule is CCn1c(NC(=O)c2ccc(=O)[nH]n2)nc2ccccc21. The summed E-state index contributed by atoms with van der Waals surface area (Å²) >= 11 is 0. The highest BCUT2D eigenvalue weighted by Gasteiger charge is 2.14. The number of anilines is 1. The molecule has 0 unspecified atom stereocenters. The molecule has 3 aromatic rings. The summed E-state index contributed by atoms with van der Waals surface area (Å²) in [6.07, 6.45) is 0. The highest BCUT2D eigenvalue weighted by atomic mass is 16.2. The molecule has 3 rings (SSSR count). The first-order valence-electron chi connectivity index (χ1n) is 6.51. The summed E-state index contributed by atoms with van der Waals surface area (Å²) in [6, 6.07) is 10.3. The first-order chi connectivity index (χ1) is 10.2. The minimum absolute atomic E-state index is 0.129. The van der Waals surface area contributed by atoms with Gasteiger partial charge in [0.05, 0.1) is 11.0 Å². The average molecular weight is 283 g/mol. The van der Waals surface area contributed by atoms with E-state index in [1.807, 2.05) is 35.8 Å². The van der Waals surface area contributed by atoms with Crippen molar-refractivity contribution in [1.29, 1.82) is 0 Å². The number of para-hydroxylation sites is 2. The highest BCUT2D eigenvalue weighted by Crippen LogP contribution is 2.19. The van der Waals surface area contributed by atoms with E-state index in [-0.39, 0.29) is 11.3 Å². The van der Waals surface area contributed by atoms with E-state index < -0.39 is 5.91 Å². The lowest BCUT2D eigenvalue weighted by molar-refractivity contribution is 0.102. The summed E-state index contributed by atoms with van der Waals surface area (Å²) in [5, 5.41) is 8.64. The minimum atomic E-state index is -0.420. The van der Waals surface area contributed by atoms with Gasteiger partial charge in [0.15, 0.2) is 0 Å². The third-order valence-electron chi connectivity index (χ3n) is 3.11. The van der Waals surface area contributed by atoms with Crippen molar-refractivity contribution in [2.24, 2.45) is 0 Å². The van der Waals surface area contributed by atoms with Crippen LogP contribution in [0.15, 0.2) is 41.2 Å². The molecule has 0 saturated heterocycles. The van der Waals surface area contributed by atoms with E-state index >= 15 is 0 Å². The zero-order chi connectivity index (χ0) is 14.8. The second-order valence-electron chi connectivity index (χ2n) is 4.43. The van der Waals surface area contributed by atoms with Gasteiger partial charge in [-0.25, -0.2) is 10.1 Å². The number of hydrogen-bond acceptors (Lipinski definition) is 4. The van der Waals surface area contributed by atoms with E-state index in [4.69, 9.17) is 0 Å². The molecule has 7 heteroatoms. The summed E-state index contributed by atoms with van der Waals surface area (Å²) in [5.74, 6) is 0.0351. The third-order valence-corrected chi connectivity index (χ3v) is 3.11. The van der Waals surface area contributed by atoms with Crippen LogP contribution in [0.2, 0.25) is 0 Å². The van der Waals surface area contributed by atoms with Crippen LogP contribution < -0.4 is 10.9 Å². The van der Waals surface area contributed by atoms with Gasteiger partial charge in [-0.3, -0.25) is 14.9 Å². The van der Waals surface area contributed by atoms with Crippen molar-refractivity contribution in [3.63, 3.8) is 0 Å². The van der Waals surface area contributed by atoms with Gasteiger partial charge in [-0.1, -0.05) is 12.1 Å². The summed E-state index contributed by atoms with van der Waals surface area (Å²) in [6.45, 7) is 2.65. The van der Waals surface area contributed by atoms with Crippen molar-refractivity contribution in [3.8, 4) is 0 Å². The highest BCUT2D eigenvalue weighted by molar-refractivity contribution is 6.02. The Morgan fingerprint density at radius 1 is 1.29 bits per heavy atom. The molecule has 2 N–H and O–H groups in total. The number of imidazole rings is 1. The second-order valence-corrected chi connectivity index (χ2v) is 4.43. The Morgan fingerprint density at radius 2 is 2.10 bits per heavy atom. The van der Waals surface area contributed by atoms with Crippen molar-refractivity contribution in [1.82, 2.24) is 19.7 Å². The molecule has 0 radical (unpaired) electrons. The van der Waals surface area contributed by atoms with E-state index in [1.165, 1.54) is 12.1 Å². The number of aromatic amines is 1. The van der Waals surface area contributed by atoms with Crippen molar-refractivity contribution in [3.05, 3.63) is 52.4 Å². The molecule has 2 heterocycles. The van der Waals surface area contributed by atoms with Crippen LogP contribution in [0.1, 0.15) is 17.4 Å². The Labute approximate surface area is 119 Å². The predicted octanol–water partition coefficient (Wildman–Crippen LogP) is 1.39. The molecule has 106 valence electrons. The lowest BCUT2D eigenvalue weighted by Crippen LogP contribution is -2.19. The number of aryl methyl sites for hydroxylation is 1. The number of fused-ring (bicyclic) bond motifs is 1. The zero-order valence-corrected chi connectivity index (χ0v) is 11.3. The summed E-state index contributed by atoms with van der Waals surface area (Å²) < 4.78 is 1.90. The molecule has 0 fully saturated rings. The lowest BCUT2D eigenvalue weighted by atomic mass is 10.3. The molecule has 1 amide bonds. The normalized spacial score (nSPS) is 10.7. The maximum atomic E-state index is 12.1. The largest absolute Gasteiger partial charge is 0.310 e. The van der Waals surface area contributed by atoms with Crippen LogP contribution in [-0.4, -0.2) is 25.7 Å². The molecule has 0 spiro atoms. The molecular weight excluding hydrogens is 270 g/mol. The number of amides is 1. The number of hydrogen-bond donors (Lipinski definition) is 2. The van der Waals surface area contributed by atoms with E-state index in [9.17, 15) is 9.59 Å². The van der Waals surface area contributed by atoms with E-state index in [2.05, 4.69) is 20.5 Å². The molecular formula is C14H13N5O2. The number of nitrogens with zero attached hydrogens (tertiary/aromatic N) is 3. The Hall–Kier alpha value is -2.96. The van der Waals surface area contributed by atoms with Gasteiger partial charge in [0.25, 0.3) is 11.5 Å². The van der Waals surface area contributed by atoms with Crippen LogP contribution in [0, 0.1) is 0 Å². The van der Waals surface area contributed by atoms with Gasteiger partial charge >= 0.3 is 0 Å². The van der Waals surface area contributed by atoms with Crippen LogP contribution in [-0.2, 0) is 6.54 Å². The van der Waals surface area contributed by atoms with E-state index in [0.717, 1.165) is 11.0 Å². The third kappa shape index (κ3) is 2.40. The smallest absolute Gasteiger partial charge is 0.278 e. The molecule has 0 aliphatic carbocycles. The van der Waals surface area contributed by atoms with Gasteiger partial charge in [0, 0.05) is 12.6 Å². The zero-order valence-electron chi connectivity index (χ0n) is 11.3. The Balaban J connectivity index is 1.96. The van der Waals surface area contributed by atoms with E-state index in [1.54, 1.807) is 0 Å². The van der Waals surface area contributed by atoms with Crippen LogP contribution in [0.3, 0.4) is 0 Å². The van der Waals surface area contributed by atoms with Crippen molar-refractivity contribution in [2.75, 3.05) is 5.32 Å². The van der Waals surface area contributed by atoms with Crippen LogP contribution >= 0.6 is 0 Å². The standard InChI is InChI=1S/C14H13N5O2/c1-2-19-11-6-4-3-5-9(11)15-14(19)16-13(21)10-7-8-12(20)18-17-10/h3-8H,2H2,1H3,(H,18,20)(H,15,16,21). The quantitative estimate of drug-likeness (QED) is 0.759. The van der Waals surface area contributed by atoms with Gasteiger partial charge in [-0.05, 0) is 25.1 Å². The molecule has 0 aliphatic heterocycles. The molecule has 0 aliphatic rings. The molecule has 7 nitrogen and oxygen atoms in total. The lowest BCUT2D eigenvalue weighted by Gasteiger charge is -2.06. The number of nitrogens with one attached hydrogen (secondary N) is 2. The molecule has 2 aromatic heterocycles. The molecule has 0 atom stereocenters. The molecule has 21 heavy (non-hydrogen) atoms.